The zero-order valence-corrected chi connectivity index (χ0v) is 15.8. The Morgan fingerprint density at radius 2 is 1.62 bits per heavy atom. The van der Waals surface area contributed by atoms with Crippen LogP contribution in [-0.4, -0.2) is 45.9 Å². The molecule has 2 aliphatic heterocycles. The fraction of sp³-hybridized carbons (Fsp3) is 0.318. The maximum absolute atomic E-state index is 12.6. The predicted octanol–water partition coefficient (Wildman–Crippen LogP) is 2.82. The maximum atomic E-state index is 12.6. The van der Waals surface area contributed by atoms with E-state index < -0.39 is 11.5 Å². The molecule has 2 amide bonds. The number of carbonyl (C=O) groups is 3. The predicted molar refractivity (Wildman–Crippen MR) is 105 cm³/mol. The first-order valence-corrected chi connectivity index (χ1v) is 9.66. The van der Waals surface area contributed by atoms with Crippen molar-refractivity contribution in [3.8, 4) is 11.5 Å². The highest BCUT2D eigenvalue weighted by Gasteiger charge is 2.58. The topological polar surface area (TPSA) is 95.9 Å². The van der Waals surface area contributed by atoms with Gasteiger partial charge in [0.15, 0.2) is 0 Å². The molecule has 0 radical (unpaired) electrons. The molecule has 29 heavy (non-hydrogen) atoms. The average Bonchev–Trinajstić information content (AvgIpc) is 3.30. The van der Waals surface area contributed by atoms with Crippen LogP contribution in [0.3, 0.4) is 0 Å². The van der Waals surface area contributed by atoms with Gasteiger partial charge in [-0.2, -0.15) is 0 Å². The minimum atomic E-state index is -1.09. The number of aliphatic carboxylic acids is 1. The molecule has 2 aliphatic rings. The summed E-state index contributed by atoms with van der Waals surface area (Å²) < 4.78 is 5.69. The number of carboxylic acid groups (broad SMARTS) is 1. The van der Waals surface area contributed by atoms with Gasteiger partial charge in [-0.3, -0.25) is 9.59 Å². The van der Waals surface area contributed by atoms with Crippen LogP contribution in [0.1, 0.15) is 36.0 Å². The summed E-state index contributed by atoms with van der Waals surface area (Å²) >= 11 is 0. The Bertz CT molecular complexity index is 918. The van der Waals surface area contributed by atoms with Crippen molar-refractivity contribution in [2.45, 2.75) is 37.3 Å². The number of nitrogens with one attached hydrogen (secondary N) is 1. The zero-order chi connectivity index (χ0) is 20.4. The van der Waals surface area contributed by atoms with Crippen LogP contribution >= 0.6 is 0 Å². The molecule has 2 saturated heterocycles. The van der Waals surface area contributed by atoms with Crippen LogP contribution in [0, 0.1) is 0 Å². The highest BCUT2D eigenvalue weighted by Crippen LogP contribution is 2.46. The van der Waals surface area contributed by atoms with Gasteiger partial charge in [-0.05, 0) is 62.1 Å². The Morgan fingerprint density at radius 1 is 1.00 bits per heavy atom. The largest absolute Gasteiger partial charge is 0.479 e. The lowest BCUT2D eigenvalue weighted by Crippen LogP contribution is -2.53. The molecular weight excluding hydrogens is 372 g/mol. The molecule has 4 rings (SSSR count). The fourth-order valence-corrected chi connectivity index (χ4v) is 4.33. The van der Waals surface area contributed by atoms with Crippen molar-refractivity contribution in [3.05, 3.63) is 60.2 Å². The number of nitrogens with zero attached hydrogens (tertiary/aromatic N) is 1. The van der Waals surface area contributed by atoms with Crippen molar-refractivity contribution in [1.29, 1.82) is 0 Å². The molecule has 7 nitrogen and oxygen atoms in total. The van der Waals surface area contributed by atoms with Crippen molar-refractivity contribution in [3.63, 3.8) is 0 Å². The molecule has 2 heterocycles. The second kappa shape index (κ2) is 7.58. The Morgan fingerprint density at radius 3 is 2.24 bits per heavy atom. The number of hydrogen-bond acceptors (Lipinski definition) is 4. The number of amides is 2. The van der Waals surface area contributed by atoms with Gasteiger partial charge in [0.2, 0.25) is 5.91 Å². The van der Waals surface area contributed by atoms with E-state index in [0.717, 1.165) is 0 Å². The average molecular weight is 394 g/mol. The second-order valence-electron chi connectivity index (χ2n) is 7.45. The lowest BCUT2D eigenvalue weighted by Gasteiger charge is -2.30. The number of fused-ring (bicyclic) bond motifs is 2. The molecule has 0 saturated carbocycles. The van der Waals surface area contributed by atoms with Gasteiger partial charge in [0.25, 0.3) is 5.91 Å². The van der Waals surface area contributed by atoms with Crippen molar-refractivity contribution in [1.82, 2.24) is 10.2 Å². The molecule has 2 aromatic carbocycles. The van der Waals surface area contributed by atoms with Crippen molar-refractivity contribution in [2.24, 2.45) is 0 Å². The summed E-state index contributed by atoms with van der Waals surface area (Å²) in [5, 5.41) is 12.2. The van der Waals surface area contributed by atoms with Gasteiger partial charge in [0, 0.05) is 11.6 Å². The first-order valence-electron chi connectivity index (χ1n) is 9.66. The van der Waals surface area contributed by atoms with E-state index in [1.54, 1.807) is 24.3 Å². The van der Waals surface area contributed by atoms with E-state index >= 15 is 0 Å². The molecule has 0 spiro atoms. The van der Waals surface area contributed by atoms with E-state index in [2.05, 4.69) is 5.32 Å². The van der Waals surface area contributed by atoms with Gasteiger partial charge in [-0.1, -0.05) is 18.2 Å². The third kappa shape index (κ3) is 3.55. The van der Waals surface area contributed by atoms with E-state index in [9.17, 15) is 19.5 Å². The van der Waals surface area contributed by atoms with Crippen LogP contribution in [0.15, 0.2) is 54.6 Å². The monoisotopic (exact) mass is 394 g/mol. The number of hydrogen-bond donors (Lipinski definition) is 2. The van der Waals surface area contributed by atoms with Gasteiger partial charge in [-0.25, -0.2) is 4.79 Å². The minimum Gasteiger partial charge on any atom is -0.479 e. The summed E-state index contributed by atoms with van der Waals surface area (Å²) in [5.74, 6) is -0.389. The molecule has 150 valence electrons. The molecular formula is C22H22N2O5. The summed E-state index contributed by atoms with van der Waals surface area (Å²) in [4.78, 5) is 38.2. The molecule has 2 fully saturated rings. The van der Waals surface area contributed by atoms with Crippen LogP contribution in [0.5, 0.6) is 11.5 Å². The SMILES string of the molecule is O=C(NCC(=O)N1C2CCC1(C(=O)O)CC2)c1ccc(Oc2ccccc2)cc1. The molecule has 2 bridgehead atoms. The Hall–Kier alpha value is -3.35. The summed E-state index contributed by atoms with van der Waals surface area (Å²) in [6.45, 7) is -0.216. The number of ether oxygens (including phenoxy) is 1. The molecule has 0 atom stereocenters. The second-order valence-corrected chi connectivity index (χ2v) is 7.45. The Balaban J connectivity index is 1.35. The number of benzene rings is 2. The summed E-state index contributed by atoms with van der Waals surface area (Å²) in [6, 6.07) is 15.9. The first kappa shape index (κ1) is 19.0. The van der Waals surface area contributed by atoms with Crippen LogP contribution in [-0.2, 0) is 9.59 Å². The lowest BCUT2D eigenvalue weighted by atomic mass is 9.88. The molecule has 0 aliphatic carbocycles. The van der Waals surface area contributed by atoms with E-state index in [1.165, 1.54) is 4.90 Å². The summed E-state index contributed by atoms with van der Waals surface area (Å²) in [6.07, 6.45) is 2.37. The Kier molecular flexibility index (Phi) is 4.96. The summed E-state index contributed by atoms with van der Waals surface area (Å²) in [5.41, 5.74) is -0.696. The van der Waals surface area contributed by atoms with Crippen LogP contribution < -0.4 is 10.1 Å². The van der Waals surface area contributed by atoms with E-state index in [-0.39, 0.29) is 24.4 Å². The molecule has 0 aromatic heterocycles. The Labute approximate surface area is 168 Å². The standard InChI is InChI=1S/C22H22N2O5/c25-19(24-16-10-12-22(24,13-11-16)21(27)28)14-23-20(26)15-6-8-18(9-7-15)29-17-4-2-1-3-5-17/h1-9,16H,10-14H2,(H,23,26)(H,27,28). The van der Waals surface area contributed by atoms with Gasteiger partial charge in [0.1, 0.15) is 17.0 Å². The number of carbonyl (C=O) groups excluding carboxylic acids is 2. The third-order valence-electron chi connectivity index (χ3n) is 5.77. The molecule has 7 heteroatoms. The van der Waals surface area contributed by atoms with Crippen molar-refractivity contribution in [2.75, 3.05) is 6.54 Å². The number of para-hydroxylation sites is 1. The van der Waals surface area contributed by atoms with E-state index in [0.29, 0.717) is 42.7 Å². The van der Waals surface area contributed by atoms with Gasteiger partial charge in [0.05, 0.1) is 6.54 Å². The number of carboxylic acids is 1. The van der Waals surface area contributed by atoms with Gasteiger partial charge < -0.3 is 20.1 Å². The summed E-state index contributed by atoms with van der Waals surface area (Å²) in [7, 11) is 0. The van der Waals surface area contributed by atoms with Gasteiger partial charge in [-0.15, -0.1) is 0 Å². The minimum absolute atomic E-state index is 0.0371. The van der Waals surface area contributed by atoms with E-state index in [1.807, 2.05) is 30.3 Å². The van der Waals surface area contributed by atoms with Gasteiger partial charge >= 0.3 is 5.97 Å². The molecule has 2 N–H and O–H groups in total. The highest BCUT2D eigenvalue weighted by molar-refractivity contribution is 5.97. The first-order chi connectivity index (χ1) is 14.0. The normalized spacial score (nSPS) is 22.3. The quantitative estimate of drug-likeness (QED) is 0.785. The zero-order valence-electron chi connectivity index (χ0n) is 15.8. The van der Waals surface area contributed by atoms with Crippen molar-refractivity contribution < 1.29 is 24.2 Å². The van der Waals surface area contributed by atoms with Crippen LogP contribution in [0.4, 0.5) is 0 Å². The van der Waals surface area contributed by atoms with Crippen molar-refractivity contribution >= 4 is 17.8 Å². The van der Waals surface area contributed by atoms with Crippen LogP contribution in [0.2, 0.25) is 0 Å². The van der Waals surface area contributed by atoms with Crippen LogP contribution in [0.25, 0.3) is 0 Å². The third-order valence-corrected chi connectivity index (χ3v) is 5.77. The maximum Gasteiger partial charge on any atom is 0.329 e. The highest BCUT2D eigenvalue weighted by atomic mass is 16.5. The molecule has 2 aromatic rings. The smallest absolute Gasteiger partial charge is 0.329 e. The fourth-order valence-electron chi connectivity index (χ4n) is 4.33. The lowest BCUT2D eigenvalue weighted by molar-refractivity contribution is -0.155. The molecule has 0 unspecified atom stereocenters. The number of rotatable bonds is 6. The van der Waals surface area contributed by atoms with E-state index in [4.69, 9.17) is 4.74 Å².